The topological polar surface area (TPSA) is 74.2 Å². The van der Waals surface area contributed by atoms with Crippen molar-refractivity contribution in [3.63, 3.8) is 0 Å². The maximum Gasteiger partial charge on any atom is 0.265 e. The third-order valence-corrected chi connectivity index (χ3v) is 5.38. The highest BCUT2D eigenvalue weighted by atomic mass is 35.5. The molecule has 1 atom stereocenters. The number of carbonyl (C=O) groups is 1. The third-order valence-electron chi connectivity index (χ3n) is 4.06. The van der Waals surface area contributed by atoms with Crippen LogP contribution < -0.4 is 10.6 Å². The fourth-order valence-electron chi connectivity index (χ4n) is 3.03. The van der Waals surface area contributed by atoms with E-state index in [1.165, 1.54) is 17.4 Å². The van der Waals surface area contributed by atoms with Gasteiger partial charge in [0, 0.05) is 21.7 Å². The van der Waals surface area contributed by atoms with Crippen molar-refractivity contribution < 1.29 is 9.90 Å². The maximum atomic E-state index is 12.5. The van der Waals surface area contributed by atoms with E-state index >= 15 is 0 Å². The summed E-state index contributed by atoms with van der Waals surface area (Å²) in [5.74, 6) is -0.112. The van der Waals surface area contributed by atoms with Crippen molar-refractivity contribution in [3.05, 3.63) is 51.0 Å². The van der Waals surface area contributed by atoms with Gasteiger partial charge in [0.2, 0.25) is 0 Å². The monoisotopic (exact) mass is 359 g/mol. The Hall–Kier alpha value is -2.31. The zero-order chi connectivity index (χ0) is 17.0. The van der Waals surface area contributed by atoms with Crippen molar-refractivity contribution in [3.8, 4) is 5.75 Å². The lowest BCUT2D eigenvalue weighted by atomic mass is 10.1. The van der Waals surface area contributed by atoms with Gasteiger partial charge >= 0.3 is 0 Å². The van der Waals surface area contributed by atoms with E-state index in [0.717, 1.165) is 27.2 Å². The first-order valence-electron chi connectivity index (χ1n) is 7.40. The quantitative estimate of drug-likeness (QED) is 0.610. The average molecular weight is 360 g/mol. The number of thiophene rings is 1. The summed E-state index contributed by atoms with van der Waals surface area (Å²) in [5, 5.41) is 17.7. The summed E-state index contributed by atoms with van der Waals surface area (Å²) in [5.41, 5.74) is 3.26. The fourth-order valence-corrected chi connectivity index (χ4v) is 4.37. The minimum atomic E-state index is -0.554. The van der Waals surface area contributed by atoms with Crippen LogP contribution >= 0.6 is 22.9 Å². The van der Waals surface area contributed by atoms with Gasteiger partial charge in [-0.1, -0.05) is 11.6 Å². The highest BCUT2D eigenvalue weighted by Gasteiger charge is 2.31. The summed E-state index contributed by atoms with van der Waals surface area (Å²) in [4.78, 5) is 18.5. The molecule has 3 N–H and O–H groups in total. The molecule has 0 spiro atoms. The number of hydrogen-bond acceptors (Lipinski definition) is 5. The van der Waals surface area contributed by atoms with Gasteiger partial charge in [0.15, 0.2) is 0 Å². The molecular weight excluding hydrogens is 346 g/mol. The Labute approximate surface area is 147 Å². The summed E-state index contributed by atoms with van der Waals surface area (Å²) in [6.07, 6.45) is -0.554. The van der Waals surface area contributed by atoms with Crippen LogP contribution in [0.4, 0.5) is 5.69 Å². The molecule has 1 aromatic carbocycles. The van der Waals surface area contributed by atoms with Crippen molar-refractivity contribution in [2.24, 2.45) is 0 Å². The molecule has 3 heterocycles. The van der Waals surface area contributed by atoms with Crippen LogP contribution in [0.5, 0.6) is 5.75 Å². The van der Waals surface area contributed by atoms with E-state index in [1.807, 2.05) is 19.9 Å². The number of pyridine rings is 1. The SMILES string of the molecule is Cc1cc(C)c2c3c(sc2n1)C(=O)NC(c1cc(Cl)ccc1O)N3. The lowest BCUT2D eigenvalue weighted by Crippen LogP contribution is -2.37. The summed E-state index contributed by atoms with van der Waals surface area (Å²) >= 11 is 7.40. The van der Waals surface area contributed by atoms with Crippen LogP contribution in [0, 0.1) is 13.8 Å². The minimum Gasteiger partial charge on any atom is -0.508 e. The van der Waals surface area contributed by atoms with Gasteiger partial charge in [-0.15, -0.1) is 11.3 Å². The Bertz CT molecular complexity index is 999. The summed E-state index contributed by atoms with van der Waals surface area (Å²) in [7, 11) is 0. The van der Waals surface area contributed by atoms with Crippen molar-refractivity contribution in [2.45, 2.75) is 20.0 Å². The molecule has 1 amide bonds. The van der Waals surface area contributed by atoms with Crippen LogP contribution in [0.3, 0.4) is 0 Å². The number of fused-ring (bicyclic) bond motifs is 3. The molecule has 122 valence electrons. The fraction of sp³-hybridized carbons (Fsp3) is 0.176. The Morgan fingerprint density at radius 2 is 2.04 bits per heavy atom. The first kappa shape index (κ1) is 15.2. The van der Waals surface area contributed by atoms with E-state index in [1.54, 1.807) is 12.1 Å². The van der Waals surface area contributed by atoms with Gasteiger partial charge in [-0.25, -0.2) is 4.98 Å². The van der Waals surface area contributed by atoms with Gasteiger partial charge < -0.3 is 15.7 Å². The number of aryl methyl sites for hydroxylation is 2. The number of carbonyl (C=O) groups excluding carboxylic acids is 1. The largest absolute Gasteiger partial charge is 0.508 e. The average Bonchev–Trinajstić information content (AvgIpc) is 2.88. The van der Waals surface area contributed by atoms with Crippen LogP contribution in [-0.2, 0) is 0 Å². The predicted octanol–water partition coefficient (Wildman–Crippen LogP) is 4.13. The highest BCUT2D eigenvalue weighted by Crippen LogP contribution is 2.42. The number of aromatic nitrogens is 1. The number of hydrogen-bond donors (Lipinski definition) is 3. The molecule has 1 aliphatic heterocycles. The molecule has 5 nitrogen and oxygen atoms in total. The van der Waals surface area contributed by atoms with Crippen LogP contribution in [0.25, 0.3) is 10.2 Å². The first-order chi connectivity index (χ1) is 11.4. The summed E-state index contributed by atoms with van der Waals surface area (Å²) < 4.78 is 0. The van der Waals surface area contributed by atoms with Crippen molar-refractivity contribution in [1.29, 1.82) is 0 Å². The van der Waals surface area contributed by atoms with E-state index in [9.17, 15) is 9.90 Å². The molecule has 24 heavy (non-hydrogen) atoms. The lowest BCUT2D eigenvalue weighted by molar-refractivity contribution is 0.0940. The number of rotatable bonds is 1. The first-order valence-corrected chi connectivity index (χ1v) is 8.60. The minimum absolute atomic E-state index is 0.0749. The molecule has 3 aromatic rings. The number of halogens is 1. The van der Waals surface area contributed by atoms with E-state index in [4.69, 9.17) is 11.6 Å². The molecule has 1 unspecified atom stereocenters. The van der Waals surface area contributed by atoms with Crippen LogP contribution in [0.1, 0.15) is 32.7 Å². The Kier molecular flexibility index (Phi) is 3.40. The van der Waals surface area contributed by atoms with E-state index in [-0.39, 0.29) is 11.7 Å². The zero-order valence-corrected chi connectivity index (χ0v) is 14.5. The molecule has 0 saturated heterocycles. The molecule has 0 bridgehead atoms. The molecule has 4 rings (SSSR count). The second kappa shape index (κ2) is 5.36. The van der Waals surface area contributed by atoms with Gasteiger partial charge in [0.05, 0.1) is 5.69 Å². The van der Waals surface area contributed by atoms with E-state index in [2.05, 4.69) is 15.6 Å². The molecule has 0 saturated carbocycles. The summed E-state index contributed by atoms with van der Waals surface area (Å²) in [6.45, 7) is 3.94. The van der Waals surface area contributed by atoms with Gasteiger partial charge in [-0.05, 0) is 43.7 Å². The molecule has 7 heteroatoms. The van der Waals surface area contributed by atoms with Crippen molar-refractivity contribution in [2.75, 3.05) is 5.32 Å². The van der Waals surface area contributed by atoms with Gasteiger partial charge in [-0.3, -0.25) is 4.79 Å². The Balaban J connectivity index is 1.87. The second-order valence-electron chi connectivity index (χ2n) is 5.82. The van der Waals surface area contributed by atoms with E-state index in [0.29, 0.717) is 15.5 Å². The molecule has 0 fully saturated rings. The molecule has 0 aliphatic carbocycles. The number of benzene rings is 1. The number of nitrogens with one attached hydrogen (secondary N) is 2. The zero-order valence-electron chi connectivity index (χ0n) is 13.0. The van der Waals surface area contributed by atoms with Crippen LogP contribution in [0.2, 0.25) is 5.02 Å². The number of phenols is 1. The smallest absolute Gasteiger partial charge is 0.265 e. The van der Waals surface area contributed by atoms with Crippen LogP contribution in [0.15, 0.2) is 24.3 Å². The number of aromatic hydroxyl groups is 1. The van der Waals surface area contributed by atoms with Gasteiger partial charge in [0.1, 0.15) is 21.6 Å². The standard InChI is InChI=1S/C17H14ClN3O2S/c1-7-5-8(2)19-17-12(7)13-14(24-17)16(23)21-15(20-13)10-6-9(18)3-4-11(10)22/h3-6,15,20,22H,1-2H3,(H,21,23). The van der Waals surface area contributed by atoms with Crippen molar-refractivity contribution >= 4 is 44.7 Å². The Morgan fingerprint density at radius 3 is 2.83 bits per heavy atom. The van der Waals surface area contributed by atoms with Crippen molar-refractivity contribution in [1.82, 2.24) is 10.3 Å². The molecule has 1 aliphatic rings. The molecule has 2 aromatic heterocycles. The van der Waals surface area contributed by atoms with Gasteiger partial charge in [-0.2, -0.15) is 0 Å². The highest BCUT2D eigenvalue weighted by molar-refractivity contribution is 7.21. The van der Waals surface area contributed by atoms with E-state index < -0.39 is 6.17 Å². The predicted molar refractivity (Wildman–Crippen MR) is 96.0 cm³/mol. The number of anilines is 1. The summed E-state index contributed by atoms with van der Waals surface area (Å²) in [6, 6.07) is 6.76. The second-order valence-corrected chi connectivity index (χ2v) is 7.26. The maximum absolute atomic E-state index is 12.5. The third kappa shape index (κ3) is 2.30. The number of amides is 1. The van der Waals surface area contributed by atoms with Gasteiger partial charge in [0.25, 0.3) is 5.91 Å². The number of nitrogens with zero attached hydrogens (tertiary/aromatic N) is 1. The normalized spacial score (nSPS) is 16.6. The Morgan fingerprint density at radius 1 is 1.25 bits per heavy atom. The number of phenolic OH excluding ortho intramolecular Hbond substituents is 1. The van der Waals surface area contributed by atoms with Crippen LogP contribution in [-0.4, -0.2) is 16.0 Å². The molecular formula is C17H14ClN3O2S. The molecule has 0 radical (unpaired) electrons. The lowest BCUT2D eigenvalue weighted by Gasteiger charge is -2.27.